The first-order chi connectivity index (χ1) is 11.1. The lowest BCUT2D eigenvalue weighted by molar-refractivity contribution is -0.129. The first-order valence-corrected chi connectivity index (χ1v) is 7.74. The Labute approximate surface area is 135 Å². The van der Waals surface area contributed by atoms with Crippen LogP contribution in [-0.4, -0.2) is 17.9 Å². The van der Waals surface area contributed by atoms with Gasteiger partial charge in [0.1, 0.15) is 6.61 Å². The lowest BCUT2D eigenvalue weighted by atomic mass is 9.80. The molecule has 2 atom stereocenters. The van der Waals surface area contributed by atoms with Crippen molar-refractivity contribution < 1.29 is 14.3 Å². The highest BCUT2D eigenvalue weighted by Crippen LogP contribution is 2.23. The first-order valence-electron chi connectivity index (χ1n) is 7.74. The van der Waals surface area contributed by atoms with E-state index in [0.717, 1.165) is 16.7 Å². The standard InChI is InChI=1S/C19H19NO3/c1-13-11-17(21)18(13)20-19(22)23-12-14-7-9-16(10-8-14)15-5-3-2-4-6-15/h2-10,13,18H,11-12H2,1H3,(H,20,22)/t13-,18-/m0/s1. The van der Waals surface area contributed by atoms with E-state index in [4.69, 9.17) is 4.74 Å². The number of rotatable bonds is 4. The van der Waals surface area contributed by atoms with Crippen molar-refractivity contribution in [3.05, 3.63) is 60.2 Å². The summed E-state index contributed by atoms with van der Waals surface area (Å²) in [6.07, 6.45) is -0.00616. The molecule has 0 heterocycles. The van der Waals surface area contributed by atoms with Crippen LogP contribution in [-0.2, 0) is 16.1 Å². The fourth-order valence-corrected chi connectivity index (χ4v) is 2.68. The molecule has 3 rings (SSSR count). The van der Waals surface area contributed by atoms with E-state index in [1.807, 2.05) is 49.4 Å². The SMILES string of the molecule is C[C@H]1CC(=O)[C@H]1NC(=O)OCc1ccc(-c2ccccc2)cc1. The Morgan fingerprint density at radius 1 is 1.09 bits per heavy atom. The molecule has 4 nitrogen and oxygen atoms in total. The highest BCUT2D eigenvalue weighted by atomic mass is 16.5. The number of alkyl carbamates (subject to hydrolysis) is 1. The van der Waals surface area contributed by atoms with Crippen LogP contribution in [0.5, 0.6) is 0 Å². The maximum absolute atomic E-state index is 11.7. The summed E-state index contributed by atoms with van der Waals surface area (Å²) in [6.45, 7) is 2.13. The van der Waals surface area contributed by atoms with Crippen LogP contribution in [0.2, 0.25) is 0 Å². The second kappa shape index (κ2) is 6.65. The van der Waals surface area contributed by atoms with E-state index in [9.17, 15) is 9.59 Å². The molecule has 0 bridgehead atoms. The Hall–Kier alpha value is -2.62. The summed E-state index contributed by atoms with van der Waals surface area (Å²) in [5.41, 5.74) is 3.18. The van der Waals surface area contributed by atoms with Gasteiger partial charge in [-0.05, 0) is 22.6 Å². The van der Waals surface area contributed by atoms with Crippen molar-refractivity contribution in [2.24, 2.45) is 5.92 Å². The summed E-state index contributed by atoms with van der Waals surface area (Å²) in [5, 5.41) is 2.61. The number of amides is 1. The largest absolute Gasteiger partial charge is 0.445 e. The lowest BCUT2D eigenvalue weighted by Crippen LogP contribution is -2.53. The molecule has 0 radical (unpaired) electrons. The van der Waals surface area contributed by atoms with Crippen LogP contribution >= 0.6 is 0 Å². The monoisotopic (exact) mass is 309 g/mol. The molecule has 1 aliphatic carbocycles. The third-order valence-corrected chi connectivity index (χ3v) is 4.14. The van der Waals surface area contributed by atoms with Gasteiger partial charge in [-0.2, -0.15) is 0 Å². The number of hydrogen-bond acceptors (Lipinski definition) is 3. The van der Waals surface area contributed by atoms with Crippen molar-refractivity contribution in [1.29, 1.82) is 0 Å². The fourth-order valence-electron chi connectivity index (χ4n) is 2.68. The van der Waals surface area contributed by atoms with Crippen LogP contribution in [0.4, 0.5) is 4.79 Å². The second-order valence-electron chi connectivity index (χ2n) is 5.91. The number of carbonyl (C=O) groups excluding carboxylic acids is 2. The topological polar surface area (TPSA) is 55.4 Å². The number of nitrogens with one attached hydrogen (secondary N) is 1. The molecule has 4 heteroatoms. The van der Waals surface area contributed by atoms with E-state index in [1.54, 1.807) is 0 Å². The third-order valence-electron chi connectivity index (χ3n) is 4.14. The second-order valence-corrected chi connectivity index (χ2v) is 5.91. The minimum absolute atomic E-state index is 0.0710. The molecule has 1 fully saturated rings. The van der Waals surface area contributed by atoms with Crippen molar-refractivity contribution in [2.75, 3.05) is 0 Å². The summed E-state index contributed by atoms with van der Waals surface area (Å²) in [4.78, 5) is 23.1. The van der Waals surface area contributed by atoms with Crippen LogP contribution in [0.15, 0.2) is 54.6 Å². The van der Waals surface area contributed by atoms with Crippen LogP contribution in [0, 0.1) is 5.92 Å². The maximum atomic E-state index is 11.7. The molecule has 0 saturated heterocycles. The summed E-state index contributed by atoms with van der Waals surface area (Å²) >= 11 is 0. The highest BCUT2D eigenvalue weighted by Gasteiger charge is 2.37. The van der Waals surface area contributed by atoms with E-state index in [2.05, 4.69) is 17.4 Å². The molecule has 2 aromatic rings. The van der Waals surface area contributed by atoms with Gasteiger partial charge < -0.3 is 10.1 Å². The predicted octanol–water partition coefficient (Wildman–Crippen LogP) is 3.56. The molecular formula is C19H19NO3. The minimum Gasteiger partial charge on any atom is -0.445 e. The van der Waals surface area contributed by atoms with E-state index in [1.165, 1.54) is 0 Å². The minimum atomic E-state index is -0.540. The van der Waals surface area contributed by atoms with Gasteiger partial charge in [-0.25, -0.2) is 4.79 Å². The zero-order valence-corrected chi connectivity index (χ0v) is 13.0. The van der Waals surface area contributed by atoms with E-state index < -0.39 is 6.09 Å². The molecule has 0 aliphatic heterocycles. The molecule has 1 amide bonds. The zero-order valence-electron chi connectivity index (χ0n) is 13.0. The summed E-state index contributed by atoms with van der Waals surface area (Å²) in [7, 11) is 0. The van der Waals surface area contributed by atoms with Crippen LogP contribution < -0.4 is 5.32 Å². The van der Waals surface area contributed by atoms with Crippen molar-refractivity contribution in [1.82, 2.24) is 5.32 Å². The van der Waals surface area contributed by atoms with Crippen molar-refractivity contribution in [2.45, 2.75) is 26.0 Å². The Kier molecular flexibility index (Phi) is 4.42. The van der Waals surface area contributed by atoms with E-state index in [0.29, 0.717) is 6.42 Å². The number of ketones is 1. The molecule has 1 N–H and O–H groups in total. The molecule has 1 saturated carbocycles. The summed E-state index contributed by atoms with van der Waals surface area (Å²) in [6, 6.07) is 17.6. The predicted molar refractivity (Wildman–Crippen MR) is 87.8 cm³/mol. The number of benzene rings is 2. The molecule has 0 spiro atoms. The highest BCUT2D eigenvalue weighted by molar-refractivity contribution is 5.93. The smallest absolute Gasteiger partial charge is 0.408 e. The number of hydrogen-bond donors (Lipinski definition) is 1. The first kappa shape index (κ1) is 15.3. The molecular weight excluding hydrogens is 290 g/mol. The maximum Gasteiger partial charge on any atom is 0.408 e. The van der Waals surface area contributed by atoms with Gasteiger partial charge >= 0.3 is 6.09 Å². The van der Waals surface area contributed by atoms with Gasteiger partial charge in [0.05, 0.1) is 6.04 Å². The Bertz CT molecular complexity index is 694. The number of carbonyl (C=O) groups is 2. The quantitative estimate of drug-likeness (QED) is 0.939. The fraction of sp³-hybridized carbons (Fsp3) is 0.263. The average Bonchev–Trinajstić information content (AvgIpc) is 2.59. The molecule has 23 heavy (non-hydrogen) atoms. The van der Waals surface area contributed by atoms with Gasteiger partial charge in [0, 0.05) is 6.42 Å². The van der Waals surface area contributed by atoms with Gasteiger partial charge in [0.25, 0.3) is 0 Å². The van der Waals surface area contributed by atoms with Crippen LogP contribution in [0.25, 0.3) is 11.1 Å². The molecule has 0 unspecified atom stereocenters. The lowest BCUT2D eigenvalue weighted by Gasteiger charge is -2.32. The van der Waals surface area contributed by atoms with Crippen LogP contribution in [0.1, 0.15) is 18.9 Å². The Morgan fingerprint density at radius 2 is 1.74 bits per heavy atom. The third kappa shape index (κ3) is 3.59. The van der Waals surface area contributed by atoms with Crippen LogP contribution in [0.3, 0.4) is 0 Å². The summed E-state index contributed by atoms with van der Waals surface area (Å²) in [5.74, 6) is 0.266. The Morgan fingerprint density at radius 3 is 2.35 bits per heavy atom. The molecule has 0 aromatic heterocycles. The van der Waals surface area contributed by atoms with E-state index >= 15 is 0 Å². The molecule has 2 aromatic carbocycles. The zero-order chi connectivity index (χ0) is 16.2. The average molecular weight is 309 g/mol. The van der Waals surface area contributed by atoms with Gasteiger partial charge in [-0.3, -0.25) is 4.79 Å². The van der Waals surface area contributed by atoms with Gasteiger partial charge in [-0.15, -0.1) is 0 Å². The Balaban J connectivity index is 1.52. The molecule has 1 aliphatic rings. The number of Topliss-reactive ketones (excluding diaryl/α,β-unsaturated/α-hetero) is 1. The summed E-state index contributed by atoms with van der Waals surface area (Å²) < 4.78 is 5.17. The normalized spacial score (nSPS) is 19.8. The van der Waals surface area contributed by atoms with E-state index in [-0.39, 0.29) is 24.3 Å². The van der Waals surface area contributed by atoms with Gasteiger partial charge in [0.15, 0.2) is 5.78 Å². The molecule has 118 valence electrons. The number of ether oxygens (including phenoxy) is 1. The van der Waals surface area contributed by atoms with Gasteiger partial charge in [0.2, 0.25) is 0 Å². The van der Waals surface area contributed by atoms with Crippen molar-refractivity contribution in [3.63, 3.8) is 0 Å². The van der Waals surface area contributed by atoms with Crippen molar-refractivity contribution in [3.8, 4) is 11.1 Å². The van der Waals surface area contributed by atoms with Crippen molar-refractivity contribution >= 4 is 11.9 Å². The van der Waals surface area contributed by atoms with Gasteiger partial charge in [-0.1, -0.05) is 61.5 Å².